The summed E-state index contributed by atoms with van der Waals surface area (Å²) in [7, 11) is 1.50. The van der Waals surface area contributed by atoms with Gasteiger partial charge in [0.15, 0.2) is 10.7 Å². The van der Waals surface area contributed by atoms with Crippen LogP contribution in [0.1, 0.15) is 42.1 Å². The third-order valence-corrected chi connectivity index (χ3v) is 6.90. The fourth-order valence-electron chi connectivity index (χ4n) is 3.61. The Balaban J connectivity index is 1.51. The number of hydrogen-bond donors (Lipinski definition) is 2. The number of aromatic nitrogens is 1. The van der Waals surface area contributed by atoms with Gasteiger partial charge in [0.25, 0.3) is 5.91 Å². The second-order valence-corrected chi connectivity index (χ2v) is 10.2. The third-order valence-electron chi connectivity index (χ3n) is 5.64. The van der Waals surface area contributed by atoms with E-state index in [4.69, 9.17) is 21.4 Å². The molecule has 0 bridgehead atoms. The van der Waals surface area contributed by atoms with Crippen molar-refractivity contribution in [3.8, 4) is 17.2 Å². The Kier molecular flexibility index (Phi) is 7.88. The summed E-state index contributed by atoms with van der Waals surface area (Å²) >= 11 is 12.2. The zero-order valence-electron chi connectivity index (χ0n) is 19.3. The van der Waals surface area contributed by atoms with Crippen molar-refractivity contribution >= 4 is 71.9 Å². The van der Waals surface area contributed by atoms with Crippen LogP contribution in [-0.4, -0.2) is 23.1 Å². The van der Waals surface area contributed by atoms with Crippen molar-refractivity contribution in [1.82, 2.24) is 10.3 Å². The first kappa shape index (κ1) is 25.3. The summed E-state index contributed by atoms with van der Waals surface area (Å²) in [6, 6.07) is 17.1. The van der Waals surface area contributed by atoms with Gasteiger partial charge in [-0.3, -0.25) is 10.1 Å². The molecule has 2 N–H and O–H groups in total. The molecule has 1 atom stereocenters. The highest BCUT2D eigenvalue weighted by Gasteiger charge is 2.18. The van der Waals surface area contributed by atoms with Gasteiger partial charge in [0.2, 0.25) is 5.89 Å². The van der Waals surface area contributed by atoms with E-state index in [2.05, 4.69) is 73.5 Å². The molecule has 0 saturated carbocycles. The van der Waals surface area contributed by atoms with Crippen molar-refractivity contribution in [2.75, 3.05) is 12.4 Å². The van der Waals surface area contributed by atoms with Crippen molar-refractivity contribution in [2.45, 2.75) is 26.2 Å². The largest absolute Gasteiger partial charge is 0.495 e. The lowest BCUT2D eigenvalue weighted by atomic mass is 9.98. The average molecular weight is 617 g/mol. The topological polar surface area (TPSA) is 76.4 Å². The maximum absolute atomic E-state index is 12.8. The highest BCUT2D eigenvalue weighted by molar-refractivity contribution is 9.11. The minimum absolute atomic E-state index is 0.154. The van der Waals surface area contributed by atoms with Gasteiger partial charge in [-0.05, 0) is 88.5 Å². The molecule has 9 heteroatoms. The molecule has 4 rings (SSSR count). The highest BCUT2D eigenvalue weighted by Crippen LogP contribution is 2.33. The van der Waals surface area contributed by atoms with Gasteiger partial charge in [-0.25, -0.2) is 4.98 Å². The zero-order chi connectivity index (χ0) is 25.1. The van der Waals surface area contributed by atoms with E-state index in [9.17, 15) is 4.79 Å². The van der Waals surface area contributed by atoms with Crippen LogP contribution in [0.3, 0.4) is 0 Å². The Bertz CT molecular complexity index is 1420. The van der Waals surface area contributed by atoms with Crippen molar-refractivity contribution in [2.24, 2.45) is 0 Å². The number of methoxy groups -OCH3 is 1. The lowest BCUT2D eigenvalue weighted by Crippen LogP contribution is -2.34. The molecular formula is C26H23Br2N3O3S. The number of hydrogen-bond acceptors (Lipinski definition) is 5. The summed E-state index contributed by atoms with van der Waals surface area (Å²) in [4.78, 5) is 17.5. The quantitative estimate of drug-likeness (QED) is 0.217. The normalized spacial score (nSPS) is 11.8. The number of benzene rings is 3. The smallest absolute Gasteiger partial charge is 0.261 e. The molecule has 0 aliphatic rings. The van der Waals surface area contributed by atoms with Gasteiger partial charge >= 0.3 is 0 Å². The number of nitrogens with one attached hydrogen (secondary N) is 2. The van der Waals surface area contributed by atoms with Gasteiger partial charge in [-0.15, -0.1) is 0 Å². The zero-order valence-corrected chi connectivity index (χ0v) is 23.3. The molecule has 180 valence electrons. The fourth-order valence-corrected chi connectivity index (χ4v) is 5.21. The lowest BCUT2D eigenvalue weighted by molar-refractivity contribution is 0.0974. The molecule has 3 aromatic carbocycles. The number of carbonyl (C=O) groups is 1. The van der Waals surface area contributed by atoms with E-state index in [0.29, 0.717) is 33.3 Å². The molecule has 0 aliphatic carbocycles. The van der Waals surface area contributed by atoms with Crippen molar-refractivity contribution < 1.29 is 13.9 Å². The van der Waals surface area contributed by atoms with Gasteiger partial charge in [0, 0.05) is 15.7 Å². The molecule has 6 nitrogen and oxygen atoms in total. The number of amides is 1. The summed E-state index contributed by atoms with van der Waals surface area (Å²) in [6.07, 6.45) is 1.06. The first-order chi connectivity index (χ1) is 16.8. The molecule has 1 heterocycles. The number of nitrogens with zero attached hydrogens (tertiary/aromatic N) is 1. The summed E-state index contributed by atoms with van der Waals surface area (Å²) in [6.45, 7) is 4.37. The molecule has 0 spiro atoms. The minimum Gasteiger partial charge on any atom is -0.495 e. The van der Waals surface area contributed by atoms with E-state index in [-0.39, 0.29) is 5.11 Å². The van der Waals surface area contributed by atoms with Gasteiger partial charge in [0.05, 0.1) is 17.1 Å². The van der Waals surface area contributed by atoms with E-state index in [1.807, 2.05) is 30.3 Å². The first-order valence-electron chi connectivity index (χ1n) is 10.9. The summed E-state index contributed by atoms with van der Waals surface area (Å²) in [5.41, 5.74) is 4.64. The van der Waals surface area contributed by atoms with Crippen LogP contribution in [0.4, 0.5) is 5.69 Å². The molecule has 4 aromatic rings. The lowest BCUT2D eigenvalue weighted by Gasteiger charge is -2.13. The molecule has 35 heavy (non-hydrogen) atoms. The summed E-state index contributed by atoms with van der Waals surface area (Å²) < 4.78 is 12.7. The van der Waals surface area contributed by atoms with E-state index in [1.54, 1.807) is 12.1 Å². The fraction of sp³-hybridized carbons (Fsp3) is 0.192. The Morgan fingerprint density at radius 2 is 1.97 bits per heavy atom. The second-order valence-electron chi connectivity index (χ2n) is 8.01. The number of carbonyl (C=O) groups excluding carboxylic acids is 1. The number of fused-ring (bicyclic) bond motifs is 1. The Morgan fingerprint density at radius 3 is 2.71 bits per heavy atom. The molecule has 1 amide bonds. The molecule has 0 unspecified atom stereocenters. The van der Waals surface area contributed by atoms with E-state index in [0.717, 1.165) is 27.6 Å². The Labute approximate surface area is 225 Å². The SMILES string of the molecule is CC[C@H](C)c1ccc2oc(-c3cccc(NC(=S)NC(=O)c4cc(Br)cc(Br)c4OC)c3)nc2c1. The Morgan fingerprint density at radius 1 is 1.17 bits per heavy atom. The number of rotatable bonds is 6. The van der Waals surface area contributed by atoms with Crippen LogP contribution in [-0.2, 0) is 0 Å². The molecule has 1 aromatic heterocycles. The van der Waals surface area contributed by atoms with Crippen LogP contribution in [0.5, 0.6) is 5.75 Å². The van der Waals surface area contributed by atoms with Crippen LogP contribution >= 0.6 is 44.1 Å². The van der Waals surface area contributed by atoms with E-state index >= 15 is 0 Å². The number of halogens is 2. The molecular weight excluding hydrogens is 594 g/mol. The van der Waals surface area contributed by atoms with Crippen molar-refractivity contribution in [1.29, 1.82) is 0 Å². The predicted molar refractivity (Wildman–Crippen MR) is 150 cm³/mol. The maximum atomic E-state index is 12.8. The number of oxazole rings is 1. The standard InChI is InChI=1S/C26H23Br2N3O3S/c1-4-14(2)15-8-9-22-21(11-15)30-25(34-22)16-6-5-7-18(10-16)29-26(35)31-24(32)19-12-17(27)13-20(28)23(19)33-3/h5-14H,4H2,1-3H3,(H2,29,31,32,35)/t14-/m0/s1. The molecule has 0 saturated heterocycles. The molecule has 0 aliphatic heterocycles. The van der Waals surface area contributed by atoms with Crippen LogP contribution in [0, 0.1) is 0 Å². The number of anilines is 1. The number of thiocarbonyl (C=S) groups is 1. The van der Waals surface area contributed by atoms with Crippen LogP contribution in [0.15, 0.2) is 68.0 Å². The van der Waals surface area contributed by atoms with E-state index < -0.39 is 5.91 Å². The summed E-state index contributed by atoms with van der Waals surface area (Å²) in [5, 5.41) is 5.90. The monoisotopic (exact) mass is 615 g/mol. The first-order valence-corrected chi connectivity index (χ1v) is 12.9. The highest BCUT2D eigenvalue weighted by atomic mass is 79.9. The van der Waals surface area contributed by atoms with Crippen LogP contribution in [0.2, 0.25) is 0 Å². The Hall–Kier alpha value is -2.75. The summed E-state index contributed by atoms with van der Waals surface area (Å²) in [5.74, 6) is 1.00. The van der Waals surface area contributed by atoms with Crippen LogP contribution in [0.25, 0.3) is 22.6 Å². The maximum Gasteiger partial charge on any atom is 0.261 e. The third kappa shape index (κ3) is 5.74. The van der Waals surface area contributed by atoms with Gasteiger partial charge in [-0.1, -0.05) is 41.9 Å². The van der Waals surface area contributed by atoms with Gasteiger partial charge in [-0.2, -0.15) is 0 Å². The van der Waals surface area contributed by atoms with Gasteiger partial charge < -0.3 is 14.5 Å². The molecule has 0 fully saturated rings. The van der Waals surface area contributed by atoms with Crippen LogP contribution < -0.4 is 15.4 Å². The van der Waals surface area contributed by atoms with Crippen molar-refractivity contribution in [3.05, 3.63) is 74.7 Å². The average Bonchev–Trinajstić information content (AvgIpc) is 3.26. The minimum atomic E-state index is -0.395. The molecule has 0 radical (unpaired) electrons. The predicted octanol–water partition coefficient (Wildman–Crippen LogP) is 7.67. The van der Waals surface area contributed by atoms with E-state index in [1.165, 1.54) is 12.7 Å². The van der Waals surface area contributed by atoms with Gasteiger partial charge in [0.1, 0.15) is 11.3 Å². The number of ether oxygens (including phenoxy) is 1. The van der Waals surface area contributed by atoms with Crippen molar-refractivity contribution in [3.63, 3.8) is 0 Å². The second kappa shape index (κ2) is 10.9.